The summed E-state index contributed by atoms with van der Waals surface area (Å²) >= 11 is 0. The number of carbonyl (C=O) groups is 2. The molecule has 4 N–H and O–H groups in total. The number of esters is 1. The molecule has 0 radical (unpaired) electrons. The van der Waals surface area contributed by atoms with Gasteiger partial charge in [-0.25, -0.2) is 13.6 Å². The highest BCUT2D eigenvalue weighted by Gasteiger charge is 2.33. The zero-order chi connectivity index (χ0) is 15.1. The van der Waals surface area contributed by atoms with Gasteiger partial charge < -0.3 is 15.2 Å². The van der Waals surface area contributed by atoms with Crippen molar-refractivity contribution in [3.63, 3.8) is 0 Å². The second-order valence-corrected chi connectivity index (χ2v) is 5.92. The van der Waals surface area contributed by atoms with E-state index < -0.39 is 27.2 Å². The Morgan fingerprint density at radius 2 is 1.95 bits per heavy atom. The van der Waals surface area contributed by atoms with Crippen molar-refractivity contribution in [1.29, 1.82) is 0 Å². The van der Waals surface area contributed by atoms with E-state index in [9.17, 15) is 13.2 Å². The van der Waals surface area contributed by atoms with Crippen LogP contribution in [0, 0.1) is 5.92 Å². The highest BCUT2D eigenvalue weighted by atomic mass is 32.2. The Balaban J connectivity index is 0.000000711. The number of sulfonamides is 1. The fourth-order valence-corrected chi connectivity index (χ4v) is 2.44. The molecule has 1 heterocycles. The summed E-state index contributed by atoms with van der Waals surface area (Å²) in [6, 6.07) is 0. The van der Waals surface area contributed by atoms with Gasteiger partial charge in [-0.1, -0.05) is 0 Å². The Hall–Kier alpha value is -1.19. The number of nitrogens with one attached hydrogen (secondary N) is 1. The number of nitrogens with two attached hydrogens (primary N) is 1. The lowest BCUT2D eigenvalue weighted by molar-refractivity contribution is -0.148. The molecular weight excluding hydrogens is 276 g/mol. The molecule has 1 rings (SSSR count). The zero-order valence-electron chi connectivity index (χ0n) is 11.0. The second kappa shape index (κ2) is 8.08. The van der Waals surface area contributed by atoms with Crippen molar-refractivity contribution in [2.75, 3.05) is 19.7 Å². The van der Waals surface area contributed by atoms with Gasteiger partial charge in [0.05, 0.1) is 17.8 Å². The van der Waals surface area contributed by atoms with Crippen LogP contribution in [0.15, 0.2) is 0 Å². The number of hydrogen-bond acceptors (Lipinski definition) is 6. The fraction of sp³-hybridized carbons (Fsp3) is 0.800. The second-order valence-electron chi connectivity index (χ2n) is 4.07. The average Bonchev–Trinajstić information content (AvgIpc) is 2.27. The van der Waals surface area contributed by atoms with E-state index in [0.717, 1.165) is 6.92 Å². The van der Waals surface area contributed by atoms with Gasteiger partial charge in [0.1, 0.15) is 0 Å². The van der Waals surface area contributed by atoms with Gasteiger partial charge in [0.15, 0.2) is 0 Å². The molecule has 19 heavy (non-hydrogen) atoms. The highest BCUT2D eigenvalue weighted by Crippen LogP contribution is 2.16. The van der Waals surface area contributed by atoms with Crippen LogP contribution in [0.1, 0.15) is 20.3 Å². The lowest BCUT2D eigenvalue weighted by atomic mass is 10.00. The third-order valence-corrected chi connectivity index (χ3v) is 3.68. The third-order valence-electron chi connectivity index (χ3n) is 2.39. The van der Waals surface area contributed by atoms with Crippen molar-refractivity contribution >= 4 is 22.0 Å². The summed E-state index contributed by atoms with van der Waals surface area (Å²) in [6.07, 6.45) is 0.241. The van der Waals surface area contributed by atoms with E-state index in [-0.39, 0.29) is 12.4 Å². The fourth-order valence-electron chi connectivity index (χ4n) is 1.59. The monoisotopic (exact) mass is 296 g/mol. The molecule has 0 unspecified atom stereocenters. The molecule has 0 aromatic heterocycles. The molecule has 0 bridgehead atoms. The van der Waals surface area contributed by atoms with Gasteiger partial charge in [-0.2, -0.15) is 0 Å². The largest absolute Gasteiger partial charge is 0.481 e. The van der Waals surface area contributed by atoms with E-state index in [1.807, 2.05) is 0 Å². The molecule has 0 aromatic rings. The summed E-state index contributed by atoms with van der Waals surface area (Å²) in [7, 11) is -3.58. The molecule has 0 saturated carbocycles. The highest BCUT2D eigenvalue weighted by molar-refractivity contribution is 7.89. The van der Waals surface area contributed by atoms with Crippen LogP contribution in [0.2, 0.25) is 0 Å². The maximum atomic E-state index is 11.4. The summed E-state index contributed by atoms with van der Waals surface area (Å²) in [5, 5.41) is 14.6. The van der Waals surface area contributed by atoms with Crippen molar-refractivity contribution < 1.29 is 27.9 Å². The van der Waals surface area contributed by atoms with E-state index in [1.54, 1.807) is 6.92 Å². The van der Waals surface area contributed by atoms with Crippen LogP contribution in [0.25, 0.3) is 0 Å². The first kappa shape index (κ1) is 17.8. The molecule has 1 fully saturated rings. The molecule has 0 aromatic carbocycles. The summed E-state index contributed by atoms with van der Waals surface area (Å²) in [4.78, 5) is 20.4. The third kappa shape index (κ3) is 7.75. The number of aliphatic carboxylic acids is 1. The predicted molar refractivity (Wildman–Crippen MR) is 67.8 cm³/mol. The summed E-state index contributed by atoms with van der Waals surface area (Å²) in [5.41, 5.74) is 0. The lowest BCUT2D eigenvalue weighted by Gasteiger charge is -2.26. The molecule has 0 amide bonds. The molecule has 1 saturated heterocycles. The van der Waals surface area contributed by atoms with E-state index >= 15 is 0 Å². The van der Waals surface area contributed by atoms with E-state index in [0.29, 0.717) is 19.7 Å². The van der Waals surface area contributed by atoms with Crippen molar-refractivity contribution in [3.8, 4) is 0 Å². The summed E-state index contributed by atoms with van der Waals surface area (Å²) in [5.74, 6) is -1.61. The average molecular weight is 296 g/mol. The van der Waals surface area contributed by atoms with E-state index in [4.69, 9.17) is 19.8 Å². The lowest BCUT2D eigenvalue weighted by Crippen LogP contribution is -2.48. The molecule has 1 aliphatic rings. The van der Waals surface area contributed by atoms with Crippen molar-refractivity contribution in [3.05, 3.63) is 0 Å². The first-order valence-electron chi connectivity index (χ1n) is 5.77. The number of primary sulfonamides is 1. The van der Waals surface area contributed by atoms with Crippen LogP contribution < -0.4 is 10.5 Å². The van der Waals surface area contributed by atoms with Gasteiger partial charge in [-0.15, -0.1) is 0 Å². The standard InChI is InChI=1S/C8H16N2O4S.C2H4O2/c1-2-14-8(11)6-3-7(5-10-4-6)15(9,12)13;1-2(3)4/h6-7,10H,2-5H2,1H3,(H2,9,12,13);1H3,(H,3,4)/t6-,7-;/m0./s1. The normalized spacial score (nSPS) is 22.9. The molecule has 1 aliphatic heterocycles. The van der Waals surface area contributed by atoms with Crippen LogP contribution in [0.3, 0.4) is 0 Å². The zero-order valence-corrected chi connectivity index (χ0v) is 11.8. The summed E-state index contributed by atoms with van der Waals surface area (Å²) in [6.45, 7) is 3.85. The van der Waals surface area contributed by atoms with Gasteiger partial charge in [0.2, 0.25) is 10.0 Å². The molecule has 2 atom stereocenters. The Bertz CT molecular complexity index is 404. The van der Waals surface area contributed by atoms with Crippen LogP contribution in [-0.4, -0.2) is 50.4 Å². The quantitative estimate of drug-likeness (QED) is 0.563. The van der Waals surface area contributed by atoms with Crippen LogP contribution >= 0.6 is 0 Å². The number of rotatable bonds is 3. The van der Waals surface area contributed by atoms with E-state index in [2.05, 4.69) is 5.32 Å². The Labute approximate surface area is 112 Å². The van der Waals surface area contributed by atoms with E-state index in [1.165, 1.54) is 0 Å². The summed E-state index contributed by atoms with van der Waals surface area (Å²) < 4.78 is 27.0. The van der Waals surface area contributed by atoms with Gasteiger partial charge in [0, 0.05) is 20.0 Å². The SMILES string of the molecule is CC(=O)O.CCOC(=O)[C@@H]1CNC[C@@H](S(N)(=O)=O)C1. The van der Waals surface area contributed by atoms with Crippen molar-refractivity contribution in [2.45, 2.75) is 25.5 Å². The molecule has 0 aliphatic carbocycles. The number of hydrogen-bond donors (Lipinski definition) is 3. The van der Waals surface area contributed by atoms with Crippen LogP contribution in [0.4, 0.5) is 0 Å². The minimum atomic E-state index is -3.58. The molecule has 9 heteroatoms. The van der Waals surface area contributed by atoms with Crippen molar-refractivity contribution in [2.24, 2.45) is 11.1 Å². The molecular formula is C10H20N2O6S. The molecule has 8 nitrogen and oxygen atoms in total. The number of carboxylic acids is 1. The maximum Gasteiger partial charge on any atom is 0.310 e. The number of carbonyl (C=O) groups excluding carboxylic acids is 1. The first-order valence-corrected chi connectivity index (χ1v) is 7.37. The smallest absolute Gasteiger partial charge is 0.310 e. The van der Waals surface area contributed by atoms with Gasteiger partial charge in [0.25, 0.3) is 5.97 Å². The van der Waals surface area contributed by atoms with Gasteiger partial charge in [-0.05, 0) is 13.3 Å². The van der Waals surface area contributed by atoms with Crippen LogP contribution in [0.5, 0.6) is 0 Å². The molecule has 0 spiro atoms. The Morgan fingerprint density at radius 1 is 1.42 bits per heavy atom. The van der Waals surface area contributed by atoms with Gasteiger partial charge in [-0.3, -0.25) is 9.59 Å². The van der Waals surface area contributed by atoms with Gasteiger partial charge >= 0.3 is 5.97 Å². The number of ether oxygens (including phenoxy) is 1. The molecule has 112 valence electrons. The topological polar surface area (TPSA) is 136 Å². The number of carboxylic acid groups (broad SMARTS) is 1. The number of piperidine rings is 1. The predicted octanol–water partition coefficient (Wildman–Crippen LogP) is -1.09. The Kier molecular flexibility index (Phi) is 7.57. The minimum Gasteiger partial charge on any atom is -0.481 e. The minimum absolute atomic E-state index is 0.241. The van der Waals surface area contributed by atoms with Crippen molar-refractivity contribution in [1.82, 2.24) is 5.32 Å². The maximum absolute atomic E-state index is 11.4. The van der Waals surface area contributed by atoms with Crippen LogP contribution in [-0.2, 0) is 24.3 Å². The first-order chi connectivity index (χ1) is 8.68. The Morgan fingerprint density at radius 3 is 2.37 bits per heavy atom.